The maximum Gasteiger partial charge on any atom is 0.471 e. The summed E-state index contributed by atoms with van der Waals surface area (Å²) < 4.78 is 18.0. The van der Waals surface area contributed by atoms with E-state index >= 15 is 0 Å². The molecule has 0 aromatic rings. The number of nitrogens with two attached hydrogens (primary N) is 2. The van der Waals surface area contributed by atoms with Crippen molar-refractivity contribution in [1.29, 1.82) is 0 Å². The molecule has 10 heavy (non-hydrogen) atoms. The van der Waals surface area contributed by atoms with Gasteiger partial charge in [0.1, 0.15) is 0 Å². The fourth-order valence-electron chi connectivity index (χ4n) is 0.0745. The third-order valence-corrected chi connectivity index (χ3v) is 1.38. The number of hydrogen-bond donors (Lipinski definition) is 3. The molecule has 0 atom stereocenters. The van der Waals surface area contributed by atoms with Crippen molar-refractivity contribution in [1.82, 2.24) is 0 Å². The van der Waals surface area contributed by atoms with Crippen molar-refractivity contribution in [2.75, 3.05) is 14.2 Å². The zero-order valence-corrected chi connectivity index (χ0v) is 6.58. The summed E-state index contributed by atoms with van der Waals surface area (Å²) in [6.45, 7) is 0. The van der Waals surface area contributed by atoms with Crippen LogP contribution < -0.4 is 11.8 Å². The quantitative estimate of drug-likeness (QED) is 0.368. The van der Waals surface area contributed by atoms with Gasteiger partial charge in [-0.3, -0.25) is 9.05 Å². The molecule has 0 aromatic carbocycles. The van der Waals surface area contributed by atoms with Gasteiger partial charge < -0.3 is 4.89 Å². The van der Waals surface area contributed by atoms with Crippen LogP contribution in [0.4, 0.5) is 0 Å². The normalized spacial score (nSPS) is 10.1. The van der Waals surface area contributed by atoms with Crippen LogP contribution in [-0.4, -0.2) is 19.1 Å². The zero-order chi connectivity index (χ0) is 8.62. The second-order valence-corrected chi connectivity index (χ2v) is 2.64. The van der Waals surface area contributed by atoms with E-state index in [1.54, 1.807) is 0 Å². The van der Waals surface area contributed by atoms with Crippen molar-refractivity contribution in [3.8, 4) is 0 Å². The van der Waals surface area contributed by atoms with E-state index < -0.39 is 7.82 Å². The average Bonchev–Trinajstić information content (AvgIpc) is 1.90. The fraction of sp³-hybridized carbons (Fsp3) is 1.00. The number of rotatable bonds is 2. The van der Waals surface area contributed by atoms with Crippen molar-refractivity contribution in [2.45, 2.75) is 0 Å². The van der Waals surface area contributed by atoms with Gasteiger partial charge >= 0.3 is 7.82 Å². The first-order valence-corrected chi connectivity index (χ1v) is 3.53. The smallest absolute Gasteiger partial charge is 0.303 e. The van der Waals surface area contributed by atoms with Crippen molar-refractivity contribution < 1.29 is 23.4 Å². The van der Waals surface area contributed by atoms with Crippen LogP contribution in [0.15, 0.2) is 0 Å². The Balaban J connectivity index is 0. The predicted octanol–water partition coefficient (Wildman–Crippen LogP) is -0.870. The van der Waals surface area contributed by atoms with Crippen molar-refractivity contribution in [2.24, 2.45) is 11.8 Å². The molecule has 0 aliphatic carbocycles. The first kappa shape index (κ1) is 12.6. The van der Waals surface area contributed by atoms with Gasteiger partial charge in [0.05, 0.1) is 0 Å². The van der Waals surface area contributed by atoms with E-state index in [2.05, 4.69) is 25.8 Å². The summed E-state index contributed by atoms with van der Waals surface area (Å²) in [6, 6.07) is 0. The van der Waals surface area contributed by atoms with Crippen molar-refractivity contribution in [3.05, 3.63) is 0 Å². The summed E-state index contributed by atoms with van der Waals surface area (Å²) in [5.41, 5.74) is 0. The Morgan fingerprint density at radius 3 is 1.50 bits per heavy atom. The molecule has 8 heteroatoms. The second-order valence-electron chi connectivity index (χ2n) is 0.970. The third-order valence-electron chi connectivity index (χ3n) is 0.461. The molecule has 0 aliphatic rings. The van der Waals surface area contributed by atoms with Gasteiger partial charge in [-0.25, -0.2) is 9.50 Å². The van der Waals surface area contributed by atoms with E-state index in [9.17, 15) is 4.57 Å². The van der Waals surface area contributed by atoms with Gasteiger partial charge in [0.25, 0.3) is 0 Å². The molecule has 64 valence electrons. The molecule has 0 rings (SSSR count). The molecule has 0 unspecified atom stereocenters. The van der Waals surface area contributed by atoms with Crippen LogP contribution in [0.5, 0.6) is 0 Å². The Morgan fingerprint density at radius 2 is 1.50 bits per heavy atom. The summed E-state index contributed by atoms with van der Waals surface area (Å²) in [6.07, 6.45) is 0. The molecule has 0 aliphatic heterocycles. The average molecular weight is 174 g/mol. The molecule has 0 bridgehead atoms. The summed E-state index contributed by atoms with van der Waals surface area (Å²) >= 11 is 0. The first-order chi connectivity index (χ1) is 4.54. The molecule has 0 heterocycles. The molecule has 0 saturated heterocycles. The van der Waals surface area contributed by atoms with E-state index in [-0.39, 0.29) is 0 Å². The fourth-order valence-corrected chi connectivity index (χ4v) is 0.224. The molecule has 0 saturated carbocycles. The number of phosphoric ester groups is 1. The molecule has 0 aromatic heterocycles. The highest BCUT2D eigenvalue weighted by molar-refractivity contribution is 7.47. The van der Waals surface area contributed by atoms with Crippen molar-refractivity contribution >= 4 is 7.82 Å². The van der Waals surface area contributed by atoms with Gasteiger partial charge in [0.2, 0.25) is 0 Å². The molecule has 0 spiro atoms. The second kappa shape index (κ2) is 7.10. The van der Waals surface area contributed by atoms with Crippen LogP contribution in [-0.2, 0) is 18.6 Å². The Bertz CT molecular complexity index is 99.8. The minimum absolute atomic E-state index is 1.10. The summed E-state index contributed by atoms with van der Waals surface area (Å²) in [4.78, 5) is 11.5. The standard InChI is InChI=1S/C2H7O4P.H4N2O/c1-5-7(3,4)6-2;1-3-2/h1-2H3,(H,3,4);1-2H2. The Morgan fingerprint density at radius 1 is 1.30 bits per heavy atom. The van der Waals surface area contributed by atoms with E-state index in [4.69, 9.17) is 4.89 Å². The van der Waals surface area contributed by atoms with Gasteiger partial charge in [-0.15, -0.1) is 0 Å². The Labute approximate surface area is 58.4 Å². The van der Waals surface area contributed by atoms with Crippen LogP contribution >= 0.6 is 7.82 Å². The molecular formula is C2H11N2O5P. The third kappa shape index (κ3) is 10.9. The van der Waals surface area contributed by atoms with Gasteiger partial charge in [-0.05, 0) is 0 Å². The Hall–Kier alpha value is -0.0100. The summed E-state index contributed by atoms with van der Waals surface area (Å²) in [5, 5.41) is 0. The lowest BCUT2D eigenvalue weighted by molar-refractivity contribution is 0.142. The molecule has 0 radical (unpaired) electrons. The van der Waals surface area contributed by atoms with Crippen LogP contribution in [0.25, 0.3) is 0 Å². The first-order valence-electron chi connectivity index (χ1n) is 2.04. The van der Waals surface area contributed by atoms with Crippen LogP contribution in [0, 0.1) is 0 Å². The van der Waals surface area contributed by atoms with Crippen LogP contribution in [0.1, 0.15) is 0 Å². The van der Waals surface area contributed by atoms with E-state index in [0.29, 0.717) is 0 Å². The molecular weight excluding hydrogens is 163 g/mol. The van der Waals surface area contributed by atoms with Gasteiger partial charge in [0.15, 0.2) is 0 Å². The minimum atomic E-state index is -3.65. The van der Waals surface area contributed by atoms with E-state index in [0.717, 1.165) is 14.2 Å². The monoisotopic (exact) mass is 174 g/mol. The lowest BCUT2D eigenvalue weighted by Gasteiger charge is -2.01. The highest BCUT2D eigenvalue weighted by Gasteiger charge is 2.13. The molecule has 0 fully saturated rings. The predicted molar refractivity (Wildman–Crippen MR) is 33.3 cm³/mol. The van der Waals surface area contributed by atoms with Gasteiger partial charge in [0, 0.05) is 14.2 Å². The zero-order valence-electron chi connectivity index (χ0n) is 5.68. The Kier molecular flexibility index (Phi) is 8.98. The lowest BCUT2D eigenvalue weighted by atomic mass is 11.8. The molecule has 5 N–H and O–H groups in total. The number of phosphoric acid groups is 1. The molecule has 7 nitrogen and oxygen atoms in total. The molecule has 0 amide bonds. The maximum absolute atomic E-state index is 10.1. The van der Waals surface area contributed by atoms with E-state index in [1.807, 2.05) is 0 Å². The SMILES string of the molecule is COP(=O)(O)OC.NON. The van der Waals surface area contributed by atoms with Gasteiger partial charge in [-0.1, -0.05) is 0 Å². The van der Waals surface area contributed by atoms with Crippen LogP contribution in [0.2, 0.25) is 0 Å². The lowest BCUT2D eigenvalue weighted by Crippen LogP contribution is -2.03. The van der Waals surface area contributed by atoms with Crippen LogP contribution in [0.3, 0.4) is 0 Å². The van der Waals surface area contributed by atoms with Crippen molar-refractivity contribution in [3.63, 3.8) is 0 Å². The number of hydrogen-bond acceptors (Lipinski definition) is 6. The highest BCUT2D eigenvalue weighted by Crippen LogP contribution is 2.40. The van der Waals surface area contributed by atoms with Gasteiger partial charge in [-0.2, -0.15) is 11.8 Å². The summed E-state index contributed by atoms with van der Waals surface area (Å²) in [7, 11) is -1.45. The topological polar surface area (TPSA) is 117 Å². The summed E-state index contributed by atoms with van der Waals surface area (Å²) in [5.74, 6) is 8.25. The minimum Gasteiger partial charge on any atom is -0.303 e. The maximum atomic E-state index is 10.1. The largest absolute Gasteiger partial charge is 0.471 e. The van der Waals surface area contributed by atoms with E-state index in [1.165, 1.54) is 0 Å². The highest BCUT2D eigenvalue weighted by atomic mass is 31.2.